The third kappa shape index (κ3) is 4.88. The maximum atomic E-state index is 6.75. The third-order valence-electron chi connectivity index (χ3n) is 10.5. The van der Waals surface area contributed by atoms with Crippen LogP contribution in [0.15, 0.2) is 191 Å². The molecule has 0 fully saturated rings. The van der Waals surface area contributed by atoms with Gasteiger partial charge in [0.25, 0.3) is 0 Å². The SMILES string of the molecule is c1ccc(-c2ccc3oc4c(-c5ccc(-c6ccc(-c7cn8ccccc8n7)cc6)cc5)c5oc6ccc(-c7ccccc7)cc6c5cc4c3c2)cc1. The van der Waals surface area contributed by atoms with Crippen LogP contribution in [0.5, 0.6) is 0 Å². The van der Waals surface area contributed by atoms with E-state index in [1.165, 1.54) is 11.1 Å². The van der Waals surface area contributed by atoms with Crippen molar-refractivity contribution in [2.45, 2.75) is 0 Å². The molecule has 4 heteroatoms. The topological polar surface area (TPSA) is 43.6 Å². The molecule has 4 nitrogen and oxygen atoms in total. The van der Waals surface area contributed by atoms with Crippen LogP contribution in [0.3, 0.4) is 0 Å². The first-order valence-electron chi connectivity index (χ1n) is 17.8. The fraction of sp³-hybridized carbons (Fsp3) is 0. The van der Waals surface area contributed by atoms with Gasteiger partial charge in [-0.25, -0.2) is 4.98 Å². The first-order chi connectivity index (χ1) is 26.2. The number of pyridine rings is 1. The largest absolute Gasteiger partial charge is 0.455 e. The van der Waals surface area contributed by atoms with E-state index in [9.17, 15) is 0 Å². The van der Waals surface area contributed by atoms with E-state index in [1.807, 2.05) is 28.8 Å². The van der Waals surface area contributed by atoms with Crippen molar-refractivity contribution in [2.24, 2.45) is 0 Å². The molecular formula is C49H30N2O2. The Morgan fingerprint density at radius 3 is 1.40 bits per heavy atom. The highest BCUT2D eigenvalue weighted by atomic mass is 16.3. The van der Waals surface area contributed by atoms with Crippen molar-refractivity contribution in [1.29, 1.82) is 0 Å². The molecule has 7 aromatic carbocycles. The Hall–Kier alpha value is -7.17. The van der Waals surface area contributed by atoms with E-state index < -0.39 is 0 Å². The van der Waals surface area contributed by atoms with E-state index in [4.69, 9.17) is 13.8 Å². The minimum atomic E-state index is 0.824. The van der Waals surface area contributed by atoms with E-state index in [2.05, 4.69) is 158 Å². The summed E-state index contributed by atoms with van der Waals surface area (Å²) in [5.74, 6) is 0. The van der Waals surface area contributed by atoms with Crippen molar-refractivity contribution in [3.8, 4) is 55.8 Å². The summed E-state index contributed by atoms with van der Waals surface area (Å²) in [6, 6.07) is 59.7. The fourth-order valence-electron chi connectivity index (χ4n) is 7.76. The van der Waals surface area contributed by atoms with Crippen molar-refractivity contribution < 1.29 is 8.83 Å². The normalized spacial score (nSPS) is 11.8. The number of aromatic nitrogens is 2. The van der Waals surface area contributed by atoms with E-state index in [0.29, 0.717) is 0 Å². The van der Waals surface area contributed by atoms with Crippen LogP contribution in [-0.2, 0) is 0 Å². The van der Waals surface area contributed by atoms with Gasteiger partial charge >= 0.3 is 0 Å². The number of rotatable bonds is 5. The fourth-order valence-corrected chi connectivity index (χ4v) is 7.76. The molecular weight excluding hydrogens is 649 g/mol. The van der Waals surface area contributed by atoms with Crippen molar-refractivity contribution in [3.05, 3.63) is 182 Å². The highest BCUT2D eigenvalue weighted by Crippen LogP contribution is 2.46. The average Bonchev–Trinajstić information content (AvgIpc) is 3.94. The maximum absolute atomic E-state index is 6.75. The lowest BCUT2D eigenvalue weighted by atomic mass is 9.95. The van der Waals surface area contributed by atoms with Gasteiger partial charge in [0.15, 0.2) is 0 Å². The van der Waals surface area contributed by atoms with Crippen LogP contribution in [0.2, 0.25) is 0 Å². The second-order valence-electron chi connectivity index (χ2n) is 13.6. The molecule has 11 rings (SSSR count). The molecule has 0 N–H and O–H groups in total. The Labute approximate surface area is 304 Å². The number of nitrogens with zero attached hydrogens (tertiary/aromatic N) is 2. The van der Waals surface area contributed by atoms with E-state index in [-0.39, 0.29) is 0 Å². The molecule has 0 bridgehead atoms. The van der Waals surface area contributed by atoms with Gasteiger partial charge in [0, 0.05) is 39.5 Å². The van der Waals surface area contributed by atoms with Gasteiger partial charge in [0.2, 0.25) is 0 Å². The summed E-state index contributed by atoms with van der Waals surface area (Å²) >= 11 is 0. The van der Waals surface area contributed by atoms with Gasteiger partial charge in [-0.2, -0.15) is 0 Å². The van der Waals surface area contributed by atoms with Gasteiger partial charge in [-0.05, 0) is 81.4 Å². The number of benzene rings is 7. The summed E-state index contributed by atoms with van der Waals surface area (Å²) in [6.07, 6.45) is 4.10. The zero-order chi connectivity index (χ0) is 34.9. The molecule has 0 spiro atoms. The lowest BCUT2D eigenvalue weighted by Crippen LogP contribution is -1.84. The van der Waals surface area contributed by atoms with Crippen molar-refractivity contribution in [3.63, 3.8) is 0 Å². The summed E-state index contributed by atoms with van der Waals surface area (Å²) in [6.45, 7) is 0. The molecule has 0 aliphatic rings. The third-order valence-corrected chi connectivity index (χ3v) is 10.5. The molecule has 0 atom stereocenters. The van der Waals surface area contributed by atoms with Crippen LogP contribution < -0.4 is 0 Å². The predicted octanol–water partition coefficient (Wildman–Crippen LogP) is 13.5. The van der Waals surface area contributed by atoms with Gasteiger partial charge in [0.05, 0.1) is 11.3 Å². The molecule has 0 amide bonds. The van der Waals surface area contributed by atoms with E-state index in [1.54, 1.807) is 0 Å². The van der Waals surface area contributed by atoms with Gasteiger partial charge in [-0.1, -0.05) is 127 Å². The summed E-state index contributed by atoms with van der Waals surface area (Å²) in [5, 5.41) is 4.31. The van der Waals surface area contributed by atoms with Crippen molar-refractivity contribution >= 4 is 49.5 Å². The number of hydrogen-bond acceptors (Lipinski definition) is 3. The zero-order valence-corrected chi connectivity index (χ0v) is 28.5. The Bertz CT molecular complexity index is 2970. The maximum Gasteiger partial charge on any atom is 0.147 e. The van der Waals surface area contributed by atoms with Crippen LogP contribution in [-0.4, -0.2) is 9.38 Å². The first kappa shape index (κ1) is 29.5. The molecule has 4 aromatic heterocycles. The lowest BCUT2D eigenvalue weighted by molar-refractivity contribution is 0.658. The van der Waals surface area contributed by atoms with Crippen molar-refractivity contribution in [1.82, 2.24) is 9.38 Å². The number of imidazole rings is 1. The minimum Gasteiger partial charge on any atom is -0.455 e. The molecule has 0 aliphatic heterocycles. The molecule has 0 saturated carbocycles. The molecule has 248 valence electrons. The molecule has 11 aromatic rings. The molecule has 4 heterocycles. The molecule has 0 radical (unpaired) electrons. The monoisotopic (exact) mass is 678 g/mol. The lowest BCUT2D eigenvalue weighted by Gasteiger charge is -2.08. The van der Waals surface area contributed by atoms with Gasteiger partial charge in [-0.3, -0.25) is 0 Å². The Morgan fingerprint density at radius 1 is 0.377 bits per heavy atom. The summed E-state index contributed by atoms with van der Waals surface area (Å²) in [7, 11) is 0. The van der Waals surface area contributed by atoms with Crippen LogP contribution >= 0.6 is 0 Å². The van der Waals surface area contributed by atoms with Crippen LogP contribution in [0.1, 0.15) is 0 Å². The summed E-state index contributed by atoms with van der Waals surface area (Å²) in [4.78, 5) is 4.80. The first-order valence-corrected chi connectivity index (χ1v) is 17.8. The molecule has 0 unspecified atom stereocenters. The standard InChI is InChI=1S/C49H30N2O2/c1-3-9-31(10-4-1)37-22-24-44-39(27-37)41-29-42-40-28-38(32-11-5-2-6-12-32)23-25-45(40)53-49(42)47(48(41)52-44)36-20-16-34(17-21-36)33-14-18-35(19-15-33)43-30-51-26-8-7-13-46(51)50-43/h1-30H. The zero-order valence-electron chi connectivity index (χ0n) is 28.5. The van der Waals surface area contributed by atoms with Gasteiger partial charge in [0.1, 0.15) is 28.0 Å². The van der Waals surface area contributed by atoms with E-state index >= 15 is 0 Å². The summed E-state index contributed by atoms with van der Waals surface area (Å²) in [5.41, 5.74) is 15.3. The van der Waals surface area contributed by atoms with Gasteiger partial charge < -0.3 is 13.2 Å². The van der Waals surface area contributed by atoms with Crippen LogP contribution in [0.25, 0.3) is 105 Å². The number of furan rings is 2. The van der Waals surface area contributed by atoms with Gasteiger partial charge in [-0.15, -0.1) is 0 Å². The Balaban J connectivity index is 1.07. The van der Waals surface area contributed by atoms with Crippen LogP contribution in [0, 0.1) is 0 Å². The Kier molecular flexibility index (Phi) is 6.52. The molecule has 53 heavy (non-hydrogen) atoms. The Morgan fingerprint density at radius 2 is 0.849 bits per heavy atom. The average molecular weight is 679 g/mol. The number of hydrogen-bond donors (Lipinski definition) is 0. The smallest absolute Gasteiger partial charge is 0.147 e. The quantitative estimate of drug-likeness (QED) is 0.182. The molecule has 0 aliphatic carbocycles. The summed E-state index contributed by atoms with van der Waals surface area (Å²) < 4.78 is 15.6. The molecule has 0 saturated heterocycles. The predicted molar refractivity (Wildman–Crippen MR) is 217 cm³/mol. The van der Waals surface area contributed by atoms with Crippen molar-refractivity contribution in [2.75, 3.05) is 0 Å². The van der Waals surface area contributed by atoms with Crippen LogP contribution in [0.4, 0.5) is 0 Å². The second-order valence-corrected chi connectivity index (χ2v) is 13.6. The van der Waals surface area contributed by atoms with E-state index in [0.717, 1.165) is 94.2 Å². The highest BCUT2D eigenvalue weighted by molar-refractivity contribution is 6.22. The minimum absolute atomic E-state index is 0.824. The number of fused-ring (bicyclic) bond motifs is 7. The highest BCUT2D eigenvalue weighted by Gasteiger charge is 2.22. The second kappa shape index (κ2) is 11.7.